The van der Waals surface area contributed by atoms with E-state index in [1.807, 2.05) is 30.3 Å². The van der Waals surface area contributed by atoms with E-state index in [2.05, 4.69) is 5.32 Å². The zero-order valence-corrected chi connectivity index (χ0v) is 14.1. The average molecular weight is 365 g/mol. The second-order valence-corrected chi connectivity index (χ2v) is 5.54. The molecule has 0 aliphatic carbocycles. The van der Waals surface area contributed by atoms with E-state index < -0.39 is 16.4 Å². The van der Waals surface area contributed by atoms with E-state index in [-0.39, 0.29) is 23.5 Å². The summed E-state index contributed by atoms with van der Waals surface area (Å²) in [7, 11) is 0. The number of nitro benzene ring substituents is 1. The van der Waals surface area contributed by atoms with Gasteiger partial charge in [0.15, 0.2) is 0 Å². The normalized spacial score (nSPS) is 10.2. The summed E-state index contributed by atoms with van der Waals surface area (Å²) >= 11 is 0. The van der Waals surface area contributed by atoms with Crippen LogP contribution in [0.15, 0.2) is 77.7 Å². The highest BCUT2D eigenvalue weighted by atomic mass is 16.7. The first-order valence-electron chi connectivity index (χ1n) is 8.00. The summed E-state index contributed by atoms with van der Waals surface area (Å²) in [4.78, 5) is 40.8. The molecule has 3 rings (SSSR count). The first kappa shape index (κ1) is 17.9. The van der Waals surface area contributed by atoms with Crippen molar-refractivity contribution in [3.63, 3.8) is 0 Å². The molecule has 1 amide bonds. The molecule has 0 aliphatic heterocycles. The van der Waals surface area contributed by atoms with Gasteiger partial charge < -0.3 is 10.2 Å². The number of hydrogen-bond acceptors (Lipinski definition) is 5. The Bertz CT molecular complexity index is 1030. The quantitative estimate of drug-likeness (QED) is 0.534. The van der Waals surface area contributed by atoms with Gasteiger partial charge in [-0.3, -0.25) is 19.7 Å². The highest BCUT2D eigenvalue weighted by Gasteiger charge is 2.18. The number of aromatic nitrogens is 1. The largest absolute Gasteiger partial charge is 0.406 e. The van der Waals surface area contributed by atoms with Gasteiger partial charge in [0, 0.05) is 12.3 Å². The Hall–Kier alpha value is -3.94. The number of rotatable bonds is 6. The maximum Gasteiger partial charge on any atom is 0.295 e. The maximum atomic E-state index is 12.5. The first-order valence-corrected chi connectivity index (χ1v) is 8.00. The minimum absolute atomic E-state index is 0.00695. The minimum Gasteiger partial charge on any atom is -0.406 e. The van der Waals surface area contributed by atoms with Crippen LogP contribution in [-0.2, 0) is 6.61 Å². The van der Waals surface area contributed by atoms with Gasteiger partial charge in [-0.1, -0.05) is 42.5 Å². The molecule has 8 nitrogen and oxygen atoms in total. The smallest absolute Gasteiger partial charge is 0.295 e. The van der Waals surface area contributed by atoms with Gasteiger partial charge >= 0.3 is 0 Å². The van der Waals surface area contributed by atoms with Gasteiger partial charge in [0.1, 0.15) is 17.9 Å². The predicted octanol–water partition coefficient (Wildman–Crippen LogP) is 2.64. The third-order valence-electron chi connectivity index (χ3n) is 3.72. The van der Waals surface area contributed by atoms with E-state index in [1.165, 1.54) is 36.5 Å². The van der Waals surface area contributed by atoms with Crippen LogP contribution in [0.25, 0.3) is 0 Å². The summed E-state index contributed by atoms with van der Waals surface area (Å²) in [6.45, 7) is 0.149. The monoisotopic (exact) mass is 365 g/mol. The summed E-state index contributed by atoms with van der Waals surface area (Å²) in [5.41, 5.74) is -0.248. The van der Waals surface area contributed by atoms with Gasteiger partial charge in [0.2, 0.25) is 0 Å². The highest BCUT2D eigenvalue weighted by Crippen LogP contribution is 2.23. The summed E-state index contributed by atoms with van der Waals surface area (Å²) in [6, 6.07) is 17.8. The summed E-state index contributed by atoms with van der Waals surface area (Å²) in [5, 5.41) is 13.4. The molecule has 0 fully saturated rings. The van der Waals surface area contributed by atoms with Crippen molar-refractivity contribution in [2.75, 3.05) is 5.32 Å². The van der Waals surface area contributed by atoms with Gasteiger partial charge in [-0.05, 0) is 23.8 Å². The zero-order chi connectivity index (χ0) is 19.2. The lowest BCUT2D eigenvalue weighted by Crippen LogP contribution is -2.32. The molecule has 8 heteroatoms. The summed E-state index contributed by atoms with van der Waals surface area (Å²) in [5.74, 6) is -0.757. The van der Waals surface area contributed by atoms with E-state index in [1.54, 1.807) is 6.07 Å². The van der Waals surface area contributed by atoms with Crippen molar-refractivity contribution in [1.29, 1.82) is 0 Å². The number of nitrogens with zero attached hydrogens (tertiary/aromatic N) is 2. The lowest BCUT2D eigenvalue weighted by Gasteiger charge is -2.10. The molecule has 0 atom stereocenters. The van der Waals surface area contributed by atoms with Crippen molar-refractivity contribution in [2.24, 2.45) is 0 Å². The van der Waals surface area contributed by atoms with Crippen LogP contribution in [0.4, 0.5) is 11.4 Å². The Morgan fingerprint density at radius 3 is 2.48 bits per heavy atom. The third-order valence-corrected chi connectivity index (χ3v) is 3.72. The van der Waals surface area contributed by atoms with Gasteiger partial charge in [0.05, 0.1) is 4.92 Å². The van der Waals surface area contributed by atoms with Crippen LogP contribution in [-0.4, -0.2) is 15.6 Å². The SMILES string of the molecule is O=C(Nc1ccccc1[N+](=O)[O-])c1cccn(OCc2ccccc2)c1=O. The van der Waals surface area contributed by atoms with Crippen molar-refractivity contribution in [3.05, 3.63) is 105 Å². The van der Waals surface area contributed by atoms with Gasteiger partial charge in [-0.25, -0.2) is 0 Å². The molecule has 0 spiro atoms. The van der Waals surface area contributed by atoms with Crippen LogP contribution < -0.4 is 15.7 Å². The molecule has 27 heavy (non-hydrogen) atoms. The van der Waals surface area contributed by atoms with Gasteiger partial charge in [0.25, 0.3) is 17.2 Å². The number of nitrogens with one attached hydrogen (secondary N) is 1. The number of carbonyl (C=O) groups is 1. The molecule has 136 valence electrons. The Morgan fingerprint density at radius 1 is 1.04 bits per heavy atom. The molecule has 1 N–H and O–H groups in total. The molecular weight excluding hydrogens is 350 g/mol. The minimum atomic E-state index is -0.757. The molecule has 2 aromatic carbocycles. The summed E-state index contributed by atoms with van der Waals surface area (Å²) in [6.07, 6.45) is 1.40. The van der Waals surface area contributed by atoms with Crippen LogP contribution in [0.2, 0.25) is 0 Å². The number of hydrogen-bond donors (Lipinski definition) is 1. The zero-order valence-electron chi connectivity index (χ0n) is 14.1. The number of pyridine rings is 1. The molecule has 0 unspecified atom stereocenters. The molecule has 0 bridgehead atoms. The molecular formula is C19H15N3O5. The topological polar surface area (TPSA) is 103 Å². The molecule has 1 heterocycles. The fraction of sp³-hybridized carbons (Fsp3) is 0.0526. The number of amides is 1. The fourth-order valence-corrected chi connectivity index (χ4v) is 2.40. The highest BCUT2D eigenvalue weighted by molar-refractivity contribution is 6.05. The molecule has 0 radical (unpaired) electrons. The third kappa shape index (κ3) is 4.18. The lowest BCUT2D eigenvalue weighted by atomic mass is 10.2. The van der Waals surface area contributed by atoms with Gasteiger partial charge in [-0.15, -0.1) is 0 Å². The van der Waals surface area contributed by atoms with Crippen LogP contribution in [0.3, 0.4) is 0 Å². The van der Waals surface area contributed by atoms with E-state index in [9.17, 15) is 19.7 Å². The molecule has 1 aromatic heterocycles. The Labute approximate surface area is 153 Å². The first-order chi connectivity index (χ1) is 13.1. The fourth-order valence-electron chi connectivity index (χ4n) is 2.40. The van der Waals surface area contributed by atoms with Crippen LogP contribution in [0.1, 0.15) is 15.9 Å². The Morgan fingerprint density at radius 2 is 1.74 bits per heavy atom. The second-order valence-electron chi connectivity index (χ2n) is 5.54. The van der Waals surface area contributed by atoms with Crippen molar-refractivity contribution >= 4 is 17.3 Å². The number of anilines is 1. The number of nitro groups is 1. The van der Waals surface area contributed by atoms with E-state index in [4.69, 9.17) is 4.84 Å². The van der Waals surface area contributed by atoms with Crippen molar-refractivity contribution in [2.45, 2.75) is 6.61 Å². The number of para-hydroxylation sites is 2. The second kappa shape index (κ2) is 7.96. The standard InChI is InChI=1S/C19H15N3O5/c23-18(20-16-10-4-5-11-17(16)22(25)26)15-9-6-12-21(19(15)24)27-13-14-7-2-1-3-8-14/h1-12H,13H2,(H,20,23). The van der Waals surface area contributed by atoms with Crippen LogP contribution >= 0.6 is 0 Å². The van der Waals surface area contributed by atoms with Crippen molar-refractivity contribution in [3.8, 4) is 0 Å². The molecule has 0 saturated heterocycles. The number of carbonyl (C=O) groups excluding carboxylic acids is 1. The van der Waals surface area contributed by atoms with Gasteiger partial charge in [-0.2, -0.15) is 4.73 Å². The van der Waals surface area contributed by atoms with Crippen LogP contribution in [0.5, 0.6) is 0 Å². The average Bonchev–Trinajstić information content (AvgIpc) is 2.68. The molecule has 3 aromatic rings. The van der Waals surface area contributed by atoms with Crippen LogP contribution in [0, 0.1) is 10.1 Å². The summed E-state index contributed by atoms with van der Waals surface area (Å²) < 4.78 is 0.960. The maximum absolute atomic E-state index is 12.5. The molecule has 0 aliphatic rings. The van der Waals surface area contributed by atoms with E-state index in [0.29, 0.717) is 0 Å². The molecule has 0 saturated carbocycles. The predicted molar refractivity (Wildman–Crippen MR) is 98.5 cm³/mol. The van der Waals surface area contributed by atoms with E-state index >= 15 is 0 Å². The Balaban J connectivity index is 1.80. The lowest BCUT2D eigenvalue weighted by molar-refractivity contribution is -0.383. The van der Waals surface area contributed by atoms with Crippen molar-refractivity contribution < 1.29 is 14.6 Å². The number of benzene rings is 2. The van der Waals surface area contributed by atoms with Crippen molar-refractivity contribution in [1.82, 2.24) is 4.73 Å². The van der Waals surface area contributed by atoms with E-state index in [0.717, 1.165) is 10.3 Å². The Kier molecular flexibility index (Phi) is 5.27.